The molecule has 220 valence electrons. The van der Waals surface area contributed by atoms with Crippen LogP contribution in [0.15, 0.2) is 75.9 Å². The molecule has 0 unspecified atom stereocenters. The highest BCUT2D eigenvalue weighted by atomic mass is 32.2. The average Bonchev–Trinajstić information content (AvgIpc) is 3.40. The van der Waals surface area contributed by atoms with Crippen molar-refractivity contribution >= 4 is 34.7 Å². The number of esters is 1. The van der Waals surface area contributed by atoms with E-state index in [0.29, 0.717) is 65.4 Å². The molecule has 10 nitrogen and oxygen atoms in total. The Balaban J connectivity index is 1.47. The van der Waals surface area contributed by atoms with Gasteiger partial charge in [-0.05, 0) is 36.1 Å². The van der Waals surface area contributed by atoms with E-state index in [4.69, 9.17) is 19.2 Å². The van der Waals surface area contributed by atoms with Gasteiger partial charge in [-0.2, -0.15) is 0 Å². The van der Waals surface area contributed by atoms with E-state index in [9.17, 15) is 14.4 Å². The predicted molar refractivity (Wildman–Crippen MR) is 160 cm³/mol. The summed E-state index contributed by atoms with van der Waals surface area (Å²) < 4.78 is 17.1. The summed E-state index contributed by atoms with van der Waals surface area (Å²) in [5, 5.41) is 2.57. The number of ether oxygens (including phenoxy) is 3. The molecule has 5 rings (SSSR count). The van der Waals surface area contributed by atoms with Crippen LogP contribution >= 0.6 is 11.8 Å². The molecule has 3 heterocycles. The van der Waals surface area contributed by atoms with Crippen molar-refractivity contribution in [1.29, 1.82) is 0 Å². The Morgan fingerprint density at radius 2 is 1.69 bits per heavy atom. The van der Waals surface area contributed by atoms with Gasteiger partial charge in [0.2, 0.25) is 11.8 Å². The molecular formula is C31H34N4O6S. The van der Waals surface area contributed by atoms with E-state index in [1.165, 1.54) is 11.8 Å². The number of aliphatic imine (C=N–C) groups is 1. The summed E-state index contributed by atoms with van der Waals surface area (Å²) in [6.07, 6.45) is 0.111. The molecule has 11 heteroatoms. The minimum absolute atomic E-state index is 0.00934. The third-order valence-corrected chi connectivity index (χ3v) is 8.46. The van der Waals surface area contributed by atoms with Gasteiger partial charge in [-0.15, -0.1) is 0 Å². The molecule has 2 aromatic rings. The van der Waals surface area contributed by atoms with Crippen LogP contribution in [-0.2, 0) is 25.7 Å². The van der Waals surface area contributed by atoms with Crippen LogP contribution in [0, 0.1) is 0 Å². The van der Waals surface area contributed by atoms with Crippen molar-refractivity contribution in [2.45, 2.75) is 32.9 Å². The minimum Gasteiger partial charge on any atom is -0.497 e. The van der Waals surface area contributed by atoms with Gasteiger partial charge in [0.25, 0.3) is 0 Å². The normalized spacial score (nSPS) is 18.3. The number of nitrogens with zero attached hydrogens (tertiary/aromatic N) is 4. The topological polar surface area (TPSA) is 101 Å². The highest BCUT2D eigenvalue weighted by Crippen LogP contribution is 2.47. The van der Waals surface area contributed by atoms with Gasteiger partial charge in [-0.3, -0.25) is 9.59 Å². The van der Waals surface area contributed by atoms with E-state index in [1.807, 2.05) is 46.7 Å². The lowest BCUT2D eigenvalue weighted by Gasteiger charge is -2.38. The maximum absolute atomic E-state index is 13.8. The van der Waals surface area contributed by atoms with E-state index in [-0.39, 0.29) is 24.8 Å². The van der Waals surface area contributed by atoms with Crippen LogP contribution in [0.1, 0.15) is 37.4 Å². The van der Waals surface area contributed by atoms with Crippen LogP contribution in [-0.4, -0.2) is 78.0 Å². The van der Waals surface area contributed by atoms with Crippen LogP contribution in [0.4, 0.5) is 0 Å². The van der Waals surface area contributed by atoms with Crippen LogP contribution in [0.25, 0.3) is 0 Å². The van der Waals surface area contributed by atoms with Gasteiger partial charge in [0.15, 0.2) is 5.17 Å². The van der Waals surface area contributed by atoms with E-state index in [1.54, 1.807) is 50.0 Å². The van der Waals surface area contributed by atoms with Crippen molar-refractivity contribution in [3.05, 3.63) is 82.0 Å². The zero-order chi connectivity index (χ0) is 29.8. The molecule has 0 saturated carbocycles. The maximum Gasteiger partial charge on any atom is 0.338 e. The molecule has 2 amide bonds. The monoisotopic (exact) mass is 590 g/mol. The summed E-state index contributed by atoms with van der Waals surface area (Å²) in [5.41, 5.74) is 3.16. The van der Waals surface area contributed by atoms with Crippen LogP contribution in [0.2, 0.25) is 0 Å². The Hall–Kier alpha value is -4.25. The lowest BCUT2D eigenvalue weighted by Crippen LogP contribution is -2.50. The van der Waals surface area contributed by atoms with Gasteiger partial charge in [-0.1, -0.05) is 42.1 Å². The summed E-state index contributed by atoms with van der Waals surface area (Å²) in [7, 11) is 3.16. The molecule has 0 spiro atoms. The Bertz CT molecular complexity index is 1460. The van der Waals surface area contributed by atoms with Crippen molar-refractivity contribution in [2.75, 3.05) is 40.4 Å². The van der Waals surface area contributed by atoms with E-state index in [0.717, 1.165) is 5.56 Å². The molecule has 0 bridgehead atoms. The molecule has 0 radical (unpaired) electrons. The van der Waals surface area contributed by atoms with Crippen molar-refractivity contribution in [1.82, 2.24) is 14.7 Å². The molecule has 2 aromatic carbocycles. The van der Waals surface area contributed by atoms with Crippen molar-refractivity contribution in [3.63, 3.8) is 0 Å². The van der Waals surface area contributed by atoms with Crippen molar-refractivity contribution < 1.29 is 28.6 Å². The van der Waals surface area contributed by atoms with Crippen LogP contribution < -0.4 is 9.47 Å². The molecule has 3 aliphatic heterocycles. The maximum atomic E-state index is 13.8. The number of methoxy groups -OCH3 is 2. The second-order valence-electron chi connectivity index (χ2n) is 10.1. The number of carbonyl (C=O) groups is 3. The fourth-order valence-electron chi connectivity index (χ4n) is 5.32. The number of fused-ring (bicyclic) bond motifs is 1. The third kappa shape index (κ3) is 6.01. The highest BCUT2D eigenvalue weighted by molar-refractivity contribution is 8.16. The summed E-state index contributed by atoms with van der Waals surface area (Å²) in [6.45, 7) is 5.41. The molecule has 1 saturated heterocycles. The van der Waals surface area contributed by atoms with Gasteiger partial charge in [0.05, 0.1) is 38.0 Å². The first-order valence-corrected chi connectivity index (χ1v) is 14.6. The van der Waals surface area contributed by atoms with Gasteiger partial charge in [-0.25, -0.2) is 9.79 Å². The number of hydrogen-bond acceptors (Lipinski definition) is 9. The smallest absolute Gasteiger partial charge is 0.338 e. The number of carbonyl (C=O) groups excluding carboxylic acids is 3. The Kier molecular flexibility index (Phi) is 8.86. The zero-order valence-electron chi connectivity index (χ0n) is 24.2. The summed E-state index contributed by atoms with van der Waals surface area (Å²) in [5.74, 6) is 0.613. The molecule has 42 heavy (non-hydrogen) atoms. The van der Waals surface area contributed by atoms with Gasteiger partial charge in [0.1, 0.15) is 18.1 Å². The summed E-state index contributed by atoms with van der Waals surface area (Å²) in [4.78, 5) is 49.2. The molecule has 1 fully saturated rings. The van der Waals surface area contributed by atoms with Crippen molar-refractivity contribution in [3.8, 4) is 11.5 Å². The average molecular weight is 591 g/mol. The predicted octanol–water partition coefficient (Wildman–Crippen LogP) is 4.10. The van der Waals surface area contributed by atoms with Crippen LogP contribution in [0.5, 0.6) is 11.5 Å². The number of rotatable bonds is 8. The first-order valence-electron chi connectivity index (χ1n) is 13.7. The molecule has 0 aromatic heterocycles. The highest BCUT2D eigenvalue weighted by Gasteiger charge is 2.43. The number of hydrogen-bond donors (Lipinski definition) is 0. The number of amides is 2. The van der Waals surface area contributed by atoms with Crippen LogP contribution in [0.3, 0.4) is 0 Å². The molecule has 3 aliphatic rings. The standard InChI is InChI=1S/C31H34N4O6S/c1-20-28(30(38)41-18-22-8-6-5-7-9-22)29(25-17-24(39-3)10-11-26(25)40-4)35-23(19-42-31(35)32-20)16-27(37)34-14-12-33(13-15-34)21(2)36/h5-11,17,19,29H,12-16,18H2,1-4H3/t29-/m1/s1. The number of amidine groups is 1. The first-order chi connectivity index (χ1) is 20.3. The van der Waals surface area contributed by atoms with Crippen molar-refractivity contribution in [2.24, 2.45) is 4.99 Å². The zero-order valence-corrected chi connectivity index (χ0v) is 25.0. The molecular weight excluding hydrogens is 556 g/mol. The van der Waals surface area contributed by atoms with E-state index >= 15 is 0 Å². The third-order valence-electron chi connectivity index (χ3n) is 7.57. The SMILES string of the molecule is COc1ccc(OC)c([C@@H]2C(C(=O)OCc3ccccc3)=C(C)N=C3SC=C(CC(=O)N4CCN(C(C)=O)CC4)N32)c1. The second kappa shape index (κ2) is 12.7. The fraction of sp³-hybridized carbons (Fsp3) is 0.355. The number of thioether (sulfide) groups is 1. The Morgan fingerprint density at radius 1 is 0.976 bits per heavy atom. The molecule has 0 aliphatic carbocycles. The lowest BCUT2D eigenvalue weighted by molar-refractivity contribution is -0.141. The first kappa shape index (κ1) is 29.2. The van der Waals surface area contributed by atoms with Gasteiger partial charge < -0.3 is 28.9 Å². The summed E-state index contributed by atoms with van der Waals surface area (Å²) in [6, 6.07) is 14.3. The van der Waals surface area contributed by atoms with E-state index < -0.39 is 12.0 Å². The minimum atomic E-state index is -0.672. The van der Waals surface area contributed by atoms with Gasteiger partial charge >= 0.3 is 5.97 Å². The largest absolute Gasteiger partial charge is 0.497 e. The second-order valence-corrected chi connectivity index (χ2v) is 11.0. The summed E-state index contributed by atoms with van der Waals surface area (Å²) >= 11 is 1.41. The number of allylic oxidation sites excluding steroid dienone is 1. The Labute approximate surface area is 249 Å². The fourth-order valence-corrected chi connectivity index (χ4v) is 6.28. The van der Waals surface area contributed by atoms with E-state index in [2.05, 4.69) is 0 Å². The van der Waals surface area contributed by atoms with Gasteiger partial charge in [0, 0.05) is 44.4 Å². The number of benzene rings is 2. The molecule has 0 N–H and O–H groups in total. The number of piperazine rings is 1. The molecule has 1 atom stereocenters. The lowest BCUT2D eigenvalue weighted by atomic mass is 9.92. The quantitative estimate of drug-likeness (QED) is 0.424. The Morgan fingerprint density at radius 3 is 2.36 bits per heavy atom.